The fourth-order valence-corrected chi connectivity index (χ4v) is 1.31. The second-order valence-electron chi connectivity index (χ2n) is 2.88. The molecule has 0 aliphatic carbocycles. The molecule has 4 nitrogen and oxygen atoms in total. The number of aliphatic hydroxyl groups is 1. The van der Waals surface area contributed by atoms with Crippen molar-refractivity contribution in [2.45, 2.75) is 37.9 Å². The van der Waals surface area contributed by atoms with Crippen LogP contribution >= 0.6 is 0 Å². The summed E-state index contributed by atoms with van der Waals surface area (Å²) in [6, 6.07) is -0.136. The molecule has 0 saturated carbocycles. The van der Waals surface area contributed by atoms with Crippen LogP contribution in [0.3, 0.4) is 0 Å². The molecule has 11 heavy (non-hydrogen) atoms. The SMILES string of the molecule is CO[C@H]1C[C@H](O)O[C@@H](C)[C@@H]1N. The molecule has 3 N–H and O–H groups in total. The average Bonchev–Trinajstić information content (AvgIpc) is 1.96. The highest BCUT2D eigenvalue weighted by molar-refractivity contribution is 4.84. The molecule has 1 aliphatic heterocycles. The van der Waals surface area contributed by atoms with E-state index in [1.165, 1.54) is 0 Å². The maximum absolute atomic E-state index is 9.14. The summed E-state index contributed by atoms with van der Waals surface area (Å²) in [6.45, 7) is 1.83. The van der Waals surface area contributed by atoms with Gasteiger partial charge in [0.15, 0.2) is 6.29 Å². The fraction of sp³-hybridized carbons (Fsp3) is 1.00. The molecule has 0 aromatic rings. The van der Waals surface area contributed by atoms with Crippen molar-refractivity contribution < 1.29 is 14.6 Å². The minimum absolute atomic E-state index is 0.0891. The zero-order chi connectivity index (χ0) is 8.43. The molecular formula is C7H15NO3. The van der Waals surface area contributed by atoms with Crippen molar-refractivity contribution in [1.29, 1.82) is 0 Å². The van der Waals surface area contributed by atoms with Crippen molar-refractivity contribution in [3.05, 3.63) is 0 Å². The number of ether oxygens (including phenoxy) is 2. The van der Waals surface area contributed by atoms with E-state index in [0.717, 1.165) is 0 Å². The monoisotopic (exact) mass is 161 g/mol. The van der Waals surface area contributed by atoms with Gasteiger partial charge in [-0.15, -0.1) is 0 Å². The summed E-state index contributed by atoms with van der Waals surface area (Å²) in [5, 5.41) is 9.14. The number of hydrogen-bond acceptors (Lipinski definition) is 4. The van der Waals surface area contributed by atoms with Crippen molar-refractivity contribution in [1.82, 2.24) is 0 Å². The van der Waals surface area contributed by atoms with Gasteiger partial charge in [0.1, 0.15) is 0 Å². The summed E-state index contributed by atoms with van der Waals surface area (Å²) < 4.78 is 10.2. The second kappa shape index (κ2) is 3.49. The predicted octanol–water partition coefficient (Wildman–Crippen LogP) is -0.544. The van der Waals surface area contributed by atoms with E-state index >= 15 is 0 Å². The van der Waals surface area contributed by atoms with Crippen LogP contribution in [0.4, 0.5) is 0 Å². The summed E-state index contributed by atoms with van der Waals surface area (Å²) in [6.07, 6.45) is -0.491. The number of hydrogen-bond donors (Lipinski definition) is 2. The molecular weight excluding hydrogens is 146 g/mol. The quantitative estimate of drug-likeness (QED) is 0.542. The molecule has 66 valence electrons. The second-order valence-corrected chi connectivity index (χ2v) is 2.88. The van der Waals surface area contributed by atoms with Gasteiger partial charge in [0.2, 0.25) is 0 Å². The molecule has 0 bridgehead atoms. The third kappa shape index (κ3) is 1.90. The highest BCUT2D eigenvalue weighted by Gasteiger charge is 2.32. The molecule has 1 fully saturated rings. The van der Waals surface area contributed by atoms with Crippen LogP contribution in [-0.4, -0.2) is 36.8 Å². The maximum Gasteiger partial charge on any atom is 0.157 e. The van der Waals surface area contributed by atoms with Crippen molar-refractivity contribution in [2.24, 2.45) is 5.73 Å². The van der Waals surface area contributed by atoms with Gasteiger partial charge in [-0.25, -0.2) is 0 Å². The zero-order valence-electron chi connectivity index (χ0n) is 6.86. The van der Waals surface area contributed by atoms with Gasteiger partial charge in [-0.3, -0.25) is 0 Å². The Hall–Kier alpha value is -0.160. The van der Waals surface area contributed by atoms with E-state index < -0.39 is 6.29 Å². The summed E-state index contributed by atoms with van der Waals surface area (Å²) in [4.78, 5) is 0. The Morgan fingerprint density at radius 2 is 2.27 bits per heavy atom. The van der Waals surface area contributed by atoms with Crippen LogP contribution < -0.4 is 5.73 Å². The topological polar surface area (TPSA) is 64.7 Å². The Bertz CT molecular complexity index is 131. The van der Waals surface area contributed by atoms with Crippen molar-refractivity contribution in [2.75, 3.05) is 7.11 Å². The lowest BCUT2D eigenvalue weighted by Crippen LogP contribution is -2.52. The van der Waals surface area contributed by atoms with Gasteiger partial charge in [-0.05, 0) is 6.92 Å². The Morgan fingerprint density at radius 3 is 2.82 bits per heavy atom. The molecule has 0 radical (unpaired) electrons. The van der Waals surface area contributed by atoms with E-state index in [-0.39, 0.29) is 18.2 Å². The van der Waals surface area contributed by atoms with Crippen molar-refractivity contribution in [3.63, 3.8) is 0 Å². The lowest BCUT2D eigenvalue weighted by atomic mass is 10.0. The van der Waals surface area contributed by atoms with Crippen molar-refractivity contribution in [3.8, 4) is 0 Å². The van der Waals surface area contributed by atoms with E-state index in [1.807, 2.05) is 6.92 Å². The summed E-state index contributed by atoms with van der Waals surface area (Å²) in [5.41, 5.74) is 5.73. The predicted molar refractivity (Wildman–Crippen MR) is 39.9 cm³/mol. The van der Waals surface area contributed by atoms with Gasteiger partial charge in [0.25, 0.3) is 0 Å². The average molecular weight is 161 g/mol. The lowest BCUT2D eigenvalue weighted by molar-refractivity contribution is -0.196. The van der Waals surface area contributed by atoms with Gasteiger partial charge in [0.05, 0.1) is 18.2 Å². The minimum atomic E-state index is -0.727. The van der Waals surface area contributed by atoms with Gasteiger partial charge in [-0.1, -0.05) is 0 Å². The zero-order valence-corrected chi connectivity index (χ0v) is 6.86. The highest BCUT2D eigenvalue weighted by atomic mass is 16.6. The van der Waals surface area contributed by atoms with Gasteiger partial charge in [-0.2, -0.15) is 0 Å². The van der Waals surface area contributed by atoms with Gasteiger partial charge in [0, 0.05) is 13.5 Å². The molecule has 0 spiro atoms. The standard InChI is InChI=1S/C7H15NO3/c1-4-7(8)5(10-2)3-6(9)11-4/h4-7,9H,3,8H2,1-2H3/t4-,5-,6+,7-/m0/s1. The number of nitrogens with two attached hydrogens (primary N) is 1. The first-order chi connectivity index (χ1) is 5.15. The summed E-state index contributed by atoms with van der Waals surface area (Å²) in [5.74, 6) is 0. The highest BCUT2D eigenvalue weighted by Crippen LogP contribution is 2.18. The Morgan fingerprint density at radius 1 is 1.64 bits per heavy atom. The molecule has 1 heterocycles. The van der Waals surface area contributed by atoms with Crippen LogP contribution in [0.15, 0.2) is 0 Å². The fourth-order valence-electron chi connectivity index (χ4n) is 1.31. The number of rotatable bonds is 1. The van der Waals surface area contributed by atoms with Crippen LogP contribution in [0.2, 0.25) is 0 Å². The molecule has 1 saturated heterocycles. The normalized spacial score (nSPS) is 45.8. The van der Waals surface area contributed by atoms with Crippen LogP contribution in [0.25, 0.3) is 0 Å². The lowest BCUT2D eigenvalue weighted by Gasteiger charge is -2.35. The van der Waals surface area contributed by atoms with Gasteiger partial charge < -0.3 is 20.3 Å². The Kier molecular flexibility index (Phi) is 2.84. The maximum atomic E-state index is 9.14. The van der Waals surface area contributed by atoms with E-state index in [4.69, 9.17) is 20.3 Å². The van der Waals surface area contributed by atoms with Crippen LogP contribution in [0.5, 0.6) is 0 Å². The molecule has 0 unspecified atom stereocenters. The third-order valence-corrected chi connectivity index (χ3v) is 2.08. The van der Waals surface area contributed by atoms with Crippen LogP contribution in [0.1, 0.15) is 13.3 Å². The molecule has 4 heteroatoms. The molecule has 0 aromatic heterocycles. The van der Waals surface area contributed by atoms with E-state index in [1.54, 1.807) is 7.11 Å². The van der Waals surface area contributed by atoms with Gasteiger partial charge >= 0.3 is 0 Å². The Balaban J connectivity index is 2.51. The molecule has 0 amide bonds. The first-order valence-corrected chi connectivity index (χ1v) is 3.77. The molecule has 4 atom stereocenters. The number of methoxy groups -OCH3 is 1. The van der Waals surface area contributed by atoms with Crippen molar-refractivity contribution >= 4 is 0 Å². The summed E-state index contributed by atoms with van der Waals surface area (Å²) in [7, 11) is 1.59. The molecule has 1 rings (SSSR count). The Labute approximate surface area is 66.3 Å². The van der Waals surface area contributed by atoms with E-state index in [2.05, 4.69) is 0 Å². The molecule has 1 aliphatic rings. The number of aliphatic hydroxyl groups excluding tert-OH is 1. The van der Waals surface area contributed by atoms with Crippen LogP contribution in [-0.2, 0) is 9.47 Å². The minimum Gasteiger partial charge on any atom is -0.380 e. The third-order valence-electron chi connectivity index (χ3n) is 2.08. The largest absolute Gasteiger partial charge is 0.380 e. The van der Waals surface area contributed by atoms with Crippen LogP contribution in [0, 0.1) is 0 Å². The first-order valence-electron chi connectivity index (χ1n) is 3.77. The molecule has 0 aromatic carbocycles. The van der Waals surface area contributed by atoms with E-state index in [9.17, 15) is 0 Å². The van der Waals surface area contributed by atoms with E-state index in [0.29, 0.717) is 6.42 Å². The smallest absolute Gasteiger partial charge is 0.157 e. The first kappa shape index (κ1) is 8.93. The summed E-state index contributed by atoms with van der Waals surface area (Å²) >= 11 is 0.